The second-order valence-corrected chi connectivity index (χ2v) is 7.03. The fourth-order valence-electron chi connectivity index (χ4n) is 3.00. The molecule has 2 aromatic rings. The van der Waals surface area contributed by atoms with Crippen molar-refractivity contribution in [2.24, 2.45) is 0 Å². The minimum absolute atomic E-state index is 0.0759. The minimum Gasteiger partial charge on any atom is -0.393 e. The fourth-order valence-corrected chi connectivity index (χ4v) is 3.77. The molecule has 1 aromatic heterocycles. The third-order valence-corrected chi connectivity index (χ3v) is 5.27. The lowest BCUT2D eigenvalue weighted by molar-refractivity contribution is 0.0726. The molecule has 1 aliphatic heterocycles. The molecule has 0 aliphatic carbocycles. The molecule has 1 aromatic carbocycles. The van der Waals surface area contributed by atoms with Crippen LogP contribution in [0.2, 0.25) is 0 Å². The van der Waals surface area contributed by atoms with Gasteiger partial charge < -0.3 is 14.7 Å². The van der Waals surface area contributed by atoms with Crippen LogP contribution in [-0.2, 0) is 11.2 Å². The van der Waals surface area contributed by atoms with E-state index in [4.69, 9.17) is 4.74 Å². The highest BCUT2D eigenvalue weighted by Crippen LogP contribution is 2.21. The molecular weight excluding hydrogens is 294 g/mol. The second-order valence-electron chi connectivity index (χ2n) is 6.08. The first-order valence-electron chi connectivity index (χ1n) is 8.25. The van der Waals surface area contributed by atoms with Gasteiger partial charge in [-0.3, -0.25) is 0 Å². The van der Waals surface area contributed by atoms with Gasteiger partial charge in [0.2, 0.25) is 0 Å². The van der Waals surface area contributed by atoms with Crippen molar-refractivity contribution in [2.45, 2.75) is 31.8 Å². The summed E-state index contributed by atoms with van der Waals surface area (Å²) in [5, 5.41) is 13.0. The van der Waals surface area contributed by atoms with Gasteiger partial charge in [0.1, 0.15) is 0 Å². The van der Waals surface area contributed by atoms with Crippen molar-refractivity contribution in [1.29, 1.82) is 0 Å². The zero-order valence-electron chi connectivity index (χ0n) is 13.0. The Morgan fingerprint density at radius 2 is 2.05 bits per heavy atom. The van der Waals surface area contributed by atoms with Crippen molar-refractivity contribution in [3.8, 4) is 0 Å². The molecule has 1 aliphatic rings. The van der Waals surface area contributed by atoms with Gasteiger partial charge >= 0.3 is 0 Å². The molecule has 3 rings (SSSR count). The number of piperidine rings is 1. The van der Waals surface area contributed by atoms with Crippen LogP contribution in [0.15, 0.2) is 29.6 Å². The highest BCUT2D eigenvalue weighted by atomic mass is 32.1. The Morgan fingerprint density at radius 1 is 1.18 bits per heavy atom. The van der Waals surface area contributed by atoms with E-state index in [0.29, 0.717) is 0 Å². The average Bonchev–Trinajstić information content (AvgIpc) is 3.00. The van der Waals surface area contributed by atoms with Gasteiger partial charge in [-0.25, -0.2) is 0 Å². The van der Waals surface area contributed by atoms with Crippen LogP contribution in [0.1, 0.15) is 24.8 Å². The molecule has 2 heterocycles. The fraction of sp³-hybridized carbons (Fsp3) is 0.556. The van der Waals surface area contributed by atoms with E-state index in [1.54, 1.807) is 11.3 Å². The van der Waals surface area contributed by atoms with Gasteiger partial charge in [0, 0.05) is 30.9 Å². The van der Waals surface area contributed by atoms with E-state index in [1.165, 1.54) is 15.6 Å². The van der Waals surface area contributed by atoms with Gasteiger partial charge in [0.25, 0.3) is 0 Å². The van der Waals surface area contributed by atoms with E-state index in [0.717, 1.165) is 58.5 Å². The van der Waals surface area contributed by atoms with Crippen molar-refractivity contribution >= 4 is 21.4 Å². The minimum atomic E-state index is -0.0759. The molecule has 0 bridgehead atoms. The van der Waals surface area contributed by atoms with Crippen LogP contribution < -0.4 is 0 Å². The number of likely N-dealkylation sites (tertiary alicyclic amines) is 1. The van der Waals surface area contributed by atoms with E-state index in [-0.39, 0.29) is 6.10 Å². The summed E-state index contributed by atoms with van der Waals surface area (Å²) in [7, 11) is 0. The van der Waals surface area contributed by atoms with Crippen LogP contribution in [0.4, 0.5) is 0 Å². The first-order valence-corrected chi connectivity index (χ1v) is 9.13. The third-order valence-electron chi connectivity index (χ3n) is 4.37. The van der Waals surface area contributed by atoms with Crippen molar-refractivity contribution in [3.63, 3.8) is 0 Å². The van der Waals surface area contributed by atoms with Crippen LogP contribution in [-0.4, -0.2) is 49.0 Å². The summed E-state index contributed by atoms with van der Waals surface area (Å²) in [5.74, 6) is 0. The Labute approximate surface area is 136 Å². The normalized spacial score (nSPS) is 17.3. The van der Waals surface area contributed by atoms with E-state index >= 15 is 0 Å². The maximum absolute atomic E-state index is 9.48. The lowest BCUT2D eigenvalue weighted by Gasteiger charge is -2.29. The Bertz CT molecular complexity index is 575. The lowest BCUT2D eigenvalue weighted by atomic mass is 10.1. The average molecular weight is 319 g/mol. The number of thiophene rings is 1. The molecule has 1 fully saturated rings. The van der Waals surface area contributed by atoms with Gasteiger partial charge in [-0.15, -0.1) is 11.3 Å². The van der Waals surface area contributed by atoms with Gasteiger partial charge in [0.15, 0.2) is 0 Å². The maximum Gasteiger partial charge on any atom is 0.0564 e. The summed E-state index contributed by atoms with van der Waals surface area (Å²) < 4.78 is 7.13. The molecule has 0 saturated carbocycles. The van der Waals surface area contributed by atoms with Crippen molar-refractivity contribution in [2.75, 3.05) is 32.8 Å². The van der Waals surface area contributed by atoms with Crippen molar-refractivity contribution in [3.05, 3.63) is 35.2 Å². The van der Waals surface area contributed by atoms with Crippen molar-refractivity contribution < 1.29 is 9.84 Å². The number of hydrogen-bond acceptors (Lipinski definition) is 4. The Balaban J connectivity index is 1.29. The molecule has 3 nitrogen and oxygen atoms in total. The molecule has 0 atom stereocenters. The van der Waals surface area contributed by atoms with Crippen LogP contribution in [0.3, 0.4) is 0 Å². The summed E-state index contributed by atoms with van der Waals surface area (Å²) in [5.41, 5.74) is 1.36. The largest absolute Gasteiger partial charge is 0.393 e. The number of benzene rings is 1. The van der Waals surface area contributed by atoms with Gasteiger partial charge in [-0.1, -0.05) is 12.1 Å². The van der Waals surface area contributed by atoms with E-state index < -0.39 is 0 Å². The van der Waals surface area contributed by atoms with Crippen LogP contribution in [0.25, 0.3) is 10.1 Å². The molecule has 4 heteroatoms. The molecular formula is C18H25NO2S. The quantitative estimate of drug-likeness (QED) is 0.795. The number of nitrogens with zero attached hydrogens (tertiary/aromatic N) is 1. The van der Waals surface area contributed by atoms with Gasteiger partial charge in [0.05, 0.1) is 12.7 Å². The summed E-state index contributed by atoms with van der Waals surface area (Å²) in [4.78, 5) is 2.43. The lowest BCUT2D eigenvalue weighted by Crippen LogP contribution is -2.36. The highest BCUT2D eigenvalue weighted by molar-refractivity contribution is 7.17. The van der Waals surface area contributed by atoms with Crippen LogP contribution in [0.5, 0.6) is 0 Å². The topological polar surface area (TPSA) is 32.7 Å². The molecule has 120 valence electrons. The summed E-state index contributed by atoms with van der Waals surface area (Å²) in [6.07, 6.45) is 3.84. The smallest absolute Gasteiger partial charge is 0.0564 e. The maximum atomic E-state index is 9.48. The number of fused-ring (bicyclic) bond motifs is 1. The predicted octanol–water partition coefficient (Wildman–Crippen LogP) is 3.31. The standard InChI is InChI=1S/C18H25NO2S/c20-17-4-9-19(10-5-17)8-1-11-21-12-6-15-2-3-18-16(14-15)7-13-22-18/h2-3,7,13-14,17,20H,1,4-6,8-12H2. The summed E-state index contributed by atoms with van der Waals surface area (Å²) in [6, 6.07) is 8.87. The number of rotatable bonds is 7. The van der Waals surface area contributed by atoms with E-state index in [1.807, 2.05) is 0 Å². The van der Waals surface area contributed by atoms with E-state index in [9.17, 15) is 5.11 Å². The number of aliphatic hydroxyl groups excluding tert-OH is 1. The van der Waals surface area contributed by atoms with Crippen LogP contribution in [0, 0.1) is 0 Å². The second kappa shape index (κ2) is 8.06. The zero-order chi connectivity index (χ0) is 15.2. The van der Waals surface area contributed by atoms with Crippen molar-refractivity contribution in [1.82, 2.24) is 4.90 Å². The third kappa shape index (κ3) is 4.53. The number of ether oxygens (including phenoxy) is 1. The SMILES string of the molecule is OC1CCN(CCCOCCc2ccc3sccc3c2)CC1. The monoisotopic (exact) mass is 319 g/mol. The molecule has 0 radical (unpaired) electrons. The number of aliphatic hydroxyl groups is 1. The predicted molar refractivity (Wildman–Crippen MR) is 92.6 cm³/mol. The molecule has 0 spiro atoms. The first-order chi connectivity index (χ1) is 10.8. The summed E-state index contributed by atoms with van der Waals surface area (Å²) >= 11 is 1.79. The molecule has 22 heavy (non-hydrogen) atoms. The molecule has 0 amide bonds. The van der Waals surface area contributed by atoms with Crippen LogP contribution >= 0.6 is 11.3 Å². The molecule has 0 unspecified atom stereocenters. The molecule has 1 saturated heterocycles. The van der Waals surface area contributed by atoms with E-state index in [2.05, 4.69) is 34.5 Å². The highest BCUT2D eigenvalue weighted by Gasteiger charge is 2.15. The van der Waals surface area contributed by atoms with Gasteiger partial charge in [-0.05, 0) is 54.1 Å². The Kier molecular flexibility index (Phi) is 5.84. The summed E-state index contributed by atoms with van der Waals surface area (Å²) in [6.45, 7) is 4.78. The Hall–Kier alpha value is -0.940. The first kappa shape index (κ1) is 15.9. The molecule has 1 N–H and O–H groups in total. The Morgan fingerprint density at radius 3 is 2.91 bits per heavy atom. The zero-order valence-corrected chi connectivity index (χ0v) is 13.9. The van der Waals surface area contributed by atoms with Gasteiger partial charge in [-0.2, -0.15) is 0 Å². The number of hydrogen-bond donors (Lipinski definition) is 1.